The van der Waals surface area contributed by atoms with E-state index < -0.39 is 0 Å². The molecule has 0 aromatic carbocycles. The summed E-state index contributed by atoms with van der Waals surface area (Å²) in [6.07, 6.45) is 6.58. The molecule has 3 aliphatic heterocycles. The SMILES string of the molecule is CN(C)C(=O)[C@H]1CN(C(=O)CN2CCCC2=O)C[C@@H]1c1ccnc(N2CCCCC2)n1. The molecule has 31 heavy (non-hydrogen) atoms. The second-order valence-electron chi connectivity index (χ2n) is 8.99. The lowest BCUT2D eigenvalue weighted by molar-refractivity contribution is -0.138. The summed E-state index contributed by atoms with van der Waals surface area (Å²) in [6.45, 7) is 3.41. The summed E-state index contributed by atoms with van der Waals surface area (Å²) in [6, 6.07) is 1.87. The summed E-state index contributed by atoms with van der Waals surface area (Å²) in [5.74, 6) is 0.111. The molecule has 3 amide bonds. The first-order valence-electron chi connectivity index (χ1n) is 11.3. The van der Waals surface area contributed by atoms with Crippen LogP contribution in [0.5, 0.6) is 0 Å². The molecule has 0 N–H and O–H groups in total. The molecule has 0 bridgehead atoms. The van der Waals surface area contributed by atoms with E-state index in [0.29, 0.717) is 32.0 Å². The summed E-state index contributed by atoms with van der Waals surface area (Å²) in [5.41, 5.74) is 0.809. The number of aromatic nitrogens is 2. The molecule has 3 saturated heterocycles. The molecular formula is C22H32N6O3. The standard InChI is InChI=1S/C22H32N6O3/c1-25(2)21(31)17-14-28(20(30)15-27-12-6-7-19(27)29)13-16(17)18-8-9-23-22(24-18)26-10-4-3-5-11-26/h8-9,16-17H,3-7,10-15H2,1-2H3/t16-,17-/m0/s1. The number of nitrogens with zero attached hydrogens (tertiary/aromatic N) is 6. The van der Waals surface area contributed by atoms with Crippen molar-refractivity contribution in [2.45, 2.75) is 38.0 Å². The van der Waals surface area contributed by atoms with Gasteiger partial charge in [-0.25, -0.2) is 9.97 Å². The molecule has 2 atom stereocenters. The second kappa shape index (κ2) is 9.20. The normalized spacial score (nSPS) is 24.1. The third-order valence-corrected chi connectivity index (χ3v) is 6.61. The van der Waals surface area contributed by atoms with Gasteiger partial charge in [0.25, 0.3) is 0 Å². The largest absolute Gasteiger partial charge is 0.349 e. The predicted molar refractivity (Wildman–Crippen MR) is 115 cm³/mol. The third kappa shape index (κ3) is 4.65. The van der Waals surface area contributed by atoms with Crippen molar-refractivity contribution in [2.24, 2.45) is 5.92 Å². The first-order valence-corrected chi connectivity index (χ1v) is 11.3. The van der Waals surface area contributed by atoms with Gasteiger partial charge < -0.3 is 19.6 Å². The maximum Gasteiger partial charge on any atom is 0.242 e. The van der Waals surface area contributed by atoms with Gasteiger partial charge in [-0.1, -0.05) is 0 Å². The number of anilines is 1. The molecule has 0 aliphatic carbocycles. The zero-order valence-corrected chi connectivity index (χ0v) is 18.5. The van der Waals surface area contributed by atoms with Crippen molar-refractivity contribution in [2.75, 3.05) is 58.3 Å². The van der Waals surface area contributed by atoms with Gasteiger partial charge in [-0.15, -0.1) is 0 Å². The van der Waals surface area contributed by atoms with E-state index in [-0.39, 0.29) is 36.1 Å². The molecule has 1 aromatic rings. The summed E-state index contributed by atoms with van der Waals surface area (Å²) >= 11 is 0. The second-order valence-corrected chi connectivity index (χ2v) is 8.99. The van der Waals surface area contributed by atoms with Gasteiger partial charge in [-0.05, 0) is 31.7 Å². The summed E-state index contributed by atoms with van der Waals surface area (Å²) in [7, 11) is 3.48. The molecule has 9 nitrogen and oxygen atoms in total. The highest BCUT2D eigenvalue weighted by Gasteiger charge is 2.42. The number of carbonyl (C=O) groups is 3. The van der Waals surface area contributed by atoms with Crippen molar-refractivity contribution in [3.8, 4) is 0 Å². The molecule has 4 rings (SSSR count). The van der Waals surface area contributed by atoms with E-state index in [2.05, 4.69) is 9.88 Å². The highest BCUT2D eigenvalue weighted by Crippen LogP contribution is 2.34. The molecule has 0 spiro atoms. The minimum atomic E-state index is -0.350. The zero-order valence-electron chi connectivity index (χ0n) is 18.5. The lowest BCUT2D eigenvalue weighted by Crippen LogP contribution is -2.40. The molecule has 3 fully saturated rings. The van der Waals surface area contributed by atoms with Gasteiger partial charge >= 0.3 is 0 Å². The maximum atomic E-state index is 12.9. The van der Waals surface area contributed by atoms with Gasteiger partial charge in [0.15, 0.2) is 0 Å². The van der Waals surface area contributed by atoms with E-state index in [4.69, 9.17) is 4.98 Å². The highest BCUT2D eigenvalue weighted by molar-refractivity contribution is 5.87. The van der Waals surface area contributed by atoms with Gasteiger partial charge in [-0.3, -0.25) is 14.4 Å². The van der Waals surface area contributed by atoms with Crippen molar-refractivity contribution < 1.29 is 14.4 Å². The van der Waals surface area contributed by atoms with Crippen molar-refractivity contribution in [1.82, 2.24) is 24.7 Å². The first-order chi connectivity index (χ1) is 14.9. The Morgan fingerprint density at radius 3 is 2.55 bits per heavy atom. The van der Waals surface area contributed by atoms with Crippen molar-refractivity contribution >= 4 is 23.7 Å². The Labute approximate surface area is 183 Å². The number of carbonyl (C=O) groups excluding carboxylic acids is 3. The number of piperidine rings is 1. The van der Waals surface area contributed by atoms with Crippen molar-refractivity contribution in [3.63, 3.8) is 0 Å². The Hall–Kier alpha value is -2.71. The quantitative estimate of drug-likeness (QED) is 0.687. The molecule has 3 aliphatic rings. The molecule has 0 radical (unpaired) electrons. The van der Waals surface area contributed by atoms with Gasteiger partial charge in [0, 0.05) is 65.4 Å². The fraction of sp³-hybridized carbons (Fsp3) is 0.682. The average molecular weight is 429 g/mol. The van der Waals surface area contributed by atoms with Crippen molar-refractivity contribution in [1.29, 1.82) is 0 Å². The van der Waals surface area contributed by atoms with E-state index in [1.54, 1.807) is 35.0 Å². The van der Waals surface area contributed by atoms with Crippen LogP contribution in [0.4, 0.5) is 5.95 Å². The fourth-order valence-electron chi connectivity index (χ4n) is 4.84. The topological polar surface area (TPSA) is 90.0 Å². The monoisotopic (exact) mass is 428 g/mol. The van der Waals surface area contributed by atoms with Crippen LogP contribution < -0.4 is 4.90 Å². The molecule has 168 valence electrons. The van der Waals surface area contributed by atoms with Crippen LogP contribution >= 0.6 is 0 Å². The third-order valence-electron chi connectivity index (χ3n) is 6.61. The highest BCUT2D eigenvalue weighted by atomic mass is 16.2. The van der Waals surface area contributed by atoms with Gasteiger partial charge in [0.1, 0.15) is 0 Å². The maximum absolute atomic E-state index is 12.9. The number of hydrogen-bond donors (Lipinski definition) is 0. The van der Waals surface area contributed by atoms with Crippen LogP contribution in [0.25, 0.3) is 0 Å². The fourth-order valence-corrected chi connectivity index (χ4v) is 4.84. The van der Waals surface area contributed by atoms with Crippen LogP contribution in [0.2, 0.25) is 0 Å². The number of likely N-dealkylation sites (tertiary alicyclic amines) is 2. The Kier molecular flexibility index (Phi) is 6.38. The Bertz CT molecular complexity index is 838. The molecule has 0 unspecified atom stereocenters. The zero-order chi connectivity index (χ0) is 22.0. The summed E-state index contributed by atoms with van der Waals surface area (Å²) in [5, 5.41) is 0. The van der Waals surface area contributed by atoms with E-state index in [0.717, 1.165) is 38.0 Å². The van der Waals surface area contributed by atoms with Crippen molar-refractivity contribution in [3.05, 3.63) is 18.0 Å². The van der Waals surface area contributed by atoms with Gasteiger partial charge in [0.05, 0.1) is 18.2 Å². The lowest BCUT2D eigenvalue weighted by Gasteiger charge is -2.27. The first kappa shape index (κ1) is 21.5. The van der Waals surface area contributed by atoms with E-state index in [9.17, 15) is 14.4 Å². The molecule has 4 heterocycles. The lowest BCUT2D eigenvalue weighted by atomic mass is 9.91. The minimum absolute atomic E-state index is 0.00400. The number of rotatable bonds is 5. The molecule has 1 aromatic heterocycles. The minimum Gasteiger partial charge on any atom is -0.349 e. The summed E-state index contributed by atoms with van der Waals surface area (Å²) < 4.78 is 0. The smallest absolute Gasteiger partial charge is 0.242 e. The van der Waals surface area contributed by atoms with E-state index >= 15 is 0 Å². The Balaban J connectivity index is 1.53. The van der Waals surface area contributed by atoms with Crippen LogP contribution in [0.15, 0.2) is 12.3 Å². The predicted octanol–water partition coefficient (Wildman–Crippen LogP) is 0.720. The molecular weight excluding hydrogens is 396 g/mol. The van der Waals surface area contributed by atoms with Crippen LogP contribution in [-0.4, -0.2) is 95.8 Å². The summed E-state index contributed by atoms with van der Waals surface area (Å²) in [4.78, 5) is 54.2. The Morgan fingerprint density at radius 2 is 1.87 bits per heavy atom. The van der Waals surface area contributed by atoms with Gasteiger partial charge in [0.2, 0.25) is 23.7 Å². The molecule has 0 saturated carbocycles. The molecule has 9 heteroatoms. The van der Waals surface area contributed by atoms with Crippen LogP contribution in [0.3, 0.4) is 0 Å². The Morgan fingerprint density at radius 1 is 1.10 bits per heavy atom. The van der Waals surface area contributed by atoms with Crippen LogP contribution in [0.1, 0.15) is 43.7 Å². The van der Waals surface area contributed by atoms with Gasteiger partial charge in [-0.2, -0.15) is 0 Å². The van der Waals surface area contributed by atoms with E-state index in [1.807, 2.05) is 6.07 Å². The number of hydrogen-bond acceptors (Lipinski definition) is 6. The van der Waals surface area contributed by atoms with Crippen LogP contribution in [0, 0.1) is 5.92 Å². The van der Waals surface area contributed by atoms with E-state index in [1.165, 1.54) is 6.42 Å². The van der Waals surface area contributed by atoms with Crippen LogP contribution in [-0.2, 0) is 14.4 Å². The average Bonchev–Trinajstić information content (AvgIpc) is 3.40. The number of amides is 3.